The van der Waals surface area contributed by atoms with Gasteiger partial charge >= 0.3 is 5.69 Å². The minimum absolute atomic E-state index is 0.0163. The predicted octanol–water partition coefficient (Wildman–Crippen LogP) is -0.612. The van der Waals surface area contributed by atoms with Crippen LogP contribution in [0, 0.1) is 0 Å². The van der Waals surface area contributed by atoms with E-state index in [4.69, 9.17) is 4.74 Å². The number of rotatable bonds is 3. The Morgan fingerprint density at radius 2 is 2.16 bits per heavy atom. The minimum Gasteiger partial charge on any atom is -0.494 e. The molecule has 1 aliphatic heterocycles. The first kappa shape index (κ1) is 13.5. The molecule has 0 spiro atoms. The highest BCUT2D eigenvalue weighted by Crippen LogP contribution is 2.12. The zero-order valence-corrected chi connectivity index (χ0v) is 11.0. The van der Waals surface area contributed by atoms with E-state index in [1.165, 1.54) is 20.3 Å². The molecule has 0 radical (unpaired) electrons. The van der Waals surface area contributed by atoms with Gasteiger partial charge in [0.15, 0.2) is 0 Å². The van der Waals surface area contributed by atoms with Crippen LogP contribution in [0.3, 0.4) is 0 Å². The van der Waals surface area contributed by atoms with Gasteiger partial charge in [0.05, 0.1) is 12.6 Å². The van der Waals surface area contributed by atoms with Gasteiger partial charge in [-0.15, -0.1) is 0 Å². The van der Waals surface area contributed by atoms with Crippen LogP contribution >= 0.6 is 0 Å². The van der Waals surface area contributed by atoms with Gasteiger partial charge in [0, 0.05) is 26.9 Å². The normalized spacial score (nSPS) is 19.4. The molecule has 0 bridgehead atoms. The van der Waals surface area contributed by atoms with Gasteiger partial charge in [0.25, 0.3) is 5.56 Å². The number of aliphatic imine (C=N–C) groups is 1. The van der Waals surface area contributed by atoms with Crippen LogP contribution in [-0.2, 0) is 18.8 Å². The van der Waals surface area contributed by atoms with Crippen LogP contribution in [0.5, 0.6) is 5.88 Å². The van der Waals surface area contributed by atoms with Crippen LogP contribution in [0.1, 0.15) is 18.4 Å². The molecule has 0 aliphatic carbocycles. The second kappa shape index (κ2) is 5.40. The summed E-state index contributed by atoms with van der Waals surface area (Å²) in [5.74, 6) is -0.371. The number of ether oxygens (including phenoxy) is 1. The van der Waals surface area contributed by atoms with E-state index in [2.05, 4.69) is 4.99 Å². The molecular weight excluding hydrogens is 250 g/mol. The first-order chi connectivity index (χ1) is 9.02. The quantitative estimate of drug-likeness (QED) is 0.740. The van der Waals surface area contributed by atoms with Crippen molar-refractivity contribution in [2.45, 2.75) is 18.9 Å². The van der Waals surface area contributed by atoms with Gasteiger partial charge in [-0.1, -0.05) is 0 Å². The number of nitrogens with zero attached hydrogens (tertiary/aromatic N) is 3. The third-order valence-electron chi connectivity index (χ3n) is 3.22. The molecule has 7 nitrogen and oxygen atoms in total. The van der Waals surface area contributed by atoms with Crippen LogP contribution in [-0.4, -0.2) is 39.7 Å². The van der Waals surface area contributed by atoms with Crippen molar-refractivity contribution in [2.75, 3.05) is 13.2 Å². The Labute approximate surface area is 109 Å². The minimum atomic E-state index is -0.571. The lowest BCUT2D eigenvalue weighted by Crippen LogP contribution is -2.38. The molecule has 0 saturated carbocycles. The molecule has 7 heteroatoms. The molecule has 1 atom stereocenters. The van der Waals surface area contributed by atoms with Gasteiger partial charge in [-0.05, 0) is 12.8 Å². The van der Waals surface area contributed by atoms with E-state index in [1.807, 2.05) is 0 Å². The summed E-state index contributed by atoms with van der Waals surface area (Å²) in [4.78, 5) is 27.5. The molecular formula is C12H17N3O4. The van der Waals surface area contributed by atoms with Crippen LogP contribution in [0.15, 0.2) is 14.6 Å². The topological polar surface area (TPSA) is 85.8 Å². The van der Waals surface area contributed by atoms with Gasteiger partial charge in [-0.25, -0.2) is 4.79 Å². The fraction of sp³-hybridized carbons (Fsp3) is 0.583. The lowest BCUT2D eigenvalue weighted by Gasteiger charge is -2.07. The van der Waals surface area contributed by atoms with Gasteiger partial charge in [-0.3, -0.25) is 18.9 Å². The number of hydrogen-bond acceptors (Lipinski definition) is 5. The van der Waals surface area contributed by atoms with Crippen LogP contribution in [0.2, 0.25) is 0 Å². The van der Waals surface area contributed by atoms with Crippen molar-refractivity contribution in [2.24, 2.45) is 19.1 Å². The van der Waals surface area contributed by atoms with E-state index in [0.29, 0.717) is 6.54 Å². The fourth-order valence-corrected chi connectivity index (χ4v) is 2.02. The second-order valence-electron chi connectivity index (χ2n) is 4.57. The van der Waals surface area contributed by atoms with Crippen molar-refractivity contribution in [1.82, 2.24) is 9.13 Å². The number of aromatic nitrogens is 2. The standard InChI is InChI=1S/C12H17N3O4/c1-14-10(16)9(11(17)15(2)12(14)18)7-13-6-8-4-3-5-19-8/h7-8,16H,3-6H2,1-2H3. The summed E-state index contributed by atoms with van der Waals surface area (Å²) < 4.78 is 7.35. The largest absolute Gasteiger partial charge is 0.494 e. The van der Waals surface area contributed by atoms with Crippen molar-refractivity contribution in [3.8, 4) is 5.88 Å². The summed E-state index contributed by atoms with van der Waals surface area (Å²) in [6, 6.07) is 0. The Morgan fingerprint density at radius 1 is 1.42 bits per heavy atom. The van der Waals surface area contributed by atoms with Crippen molar-refractivity contribution in [3.63, 3.8) is 0 Å². The van der Waals surface area contributed by atoms with Crippen LogP contribution in [0.25, 0.3) is 0 Å². The molecule has 19 heavy (non-hydrogen) atoms. The lowest BCUT2D eigenvalue weighted by atomic mass is 10.2. The molecule has 1 unspecified atom stereocenters. The van der Waals surface area contributed by atoms with Crippen LogP contribution in [0.4, 0.5) is 0 Å². The zero-order valence-electron chi connectivity index (χ0n) is 11.0. The Balaban J connectivity index is 2.27. The highest BCUT2D eigenvalue weighted by Gasteiger charge is 2.15. The summed E-state index contributed by atoms with van der Waals surface area (Å²) in [7, 11) is 2.76. The van der Waals surface area contributed by atoms with Crippen molar-refractivity contribution in [3.05, 3.63) is 26.4 Å². The monoisotopic (exact) mass is 267 g/mol. The average molecular weight is 267 g/mol. The van der Waals surface area contributed by atoms with Gasteiger partial charge in [0.2, 0.25) is 5.88 Å². The number of hydrogen-bond donors (Lipinski definition) is 1. The Bertz CT molecular complexity index is 609. The SMILES string of the molecule is Cn1c(O)c(C=NCC2CCCO2)c(=O)n(C)c1=O. The number of aromatic hydroxyl groups is 1. The molecule has 2 heterocycles. The van der Waals surface area contributed by atoms with E-state index < -0.39 is 11.2 Å². The average Bonchev–Trinajstić information content (AvgIpc) is 2.91. The Hall–Kier alpha value is -1.89. The van der Waals surface area contributed by atoms with Gasteiger partial charge in [-0.2, -0.15) is 0 Å². The maximum Gasteiger partial charge on any atom is 0.333 e. The molecule has 1 aromatic rings. The predicted molar refractivity (Wildman–Crippen MR) is 70.0 cm³/mol. The molecule has 104 valence electrons. The summed E-state index contributed by atoms with van der Waals surface area (Å²) in [6.45, 7) is 1.19. The molecule has 1 saturated heterocycles. The van der Waals surface area contributed by atoms with Crippen LogP contribution < -0.4 is 11.2 Å². The van der Waals surface area contributed by atoms with Crippen molar-refractivity contribution >= 4 is 6.21 Å². The molecule has 1 aromatic heterocycles. The molecule has 0 amide bonds. The third-order valence-corrected chi connectivity index (χ3v) is 3.22. The maximum absolute atomic E-state index is 11.9. The molecule has 2 rings (SSSR count). The third kappa shape index (κ3) is 2.60. The fourth-order valence-electron chi connectivity index (χ4n) is 2.02. The first-order valence-electron chi connectivity index (χ1n) is 6.12. The molecule has 1 aliphatic rings. The summed E-state index contributed by atoms with van der Waals surface area (Å²) in [6.07, 6.45) is 3.36. The van der Waals surface area contributed by atoms with E-state index in [0.717, 1.165) is 28.6 Å². The highest BCUT2D eigenvalue weighted by atomic mass is 16.5. The first-order valence-corrected chi connectivity index (χ1v) is 6.12. The van der Waals surface area contributed by atoms with Gasteiger partial charge < -0.3 is 9.84 Å². The lowest BCUT2D eigenvalue weighted by molar-refractivity contribution is 0.118. The molecule has 1 N–H and O–H groups in total. The summed E-state index contributed by atoms with van der Waals surface area (Å²) in [5.41, 5.74) is -1.11. The highest BCUT2D eigenvalue weighted by molar-refractivity contribution is 5.81. The van der Waals surface area contributed by atoms with E-state index in [-0.39, 0.29) is 17.5 Å². The Morgan fingerprint density at radius 3 is 2.79 bits per heavy atom. The zero-order chi connectivity index (χ0) is 14.0. The molecule has 0 aromatic carbocycles. The van der Waals surface area contributed by atoms with E-state index in [1.54, 1.807) is 0 Å². The summed E-state index contributed by atoms with van der Waals surface area (Å²) >= 11 is 0. The van der Waals surface area contributed by atoms with Gasteiger partial charge in [0.1, 0.15) is 5.56 Å². The Kier molecular flexibility index (Phi) is 3.84. The maximum atomic E-state index is 11.9. The molecule has 1 fully saturated rings. The van der Waals surface area contributed by atoms with E-state index >= 15 is 0 Å². The second-order valence-corrected chi connectivity index (χ2v) is 4.57. The van der Waals surface area contributed by atoms with Crippen molar-refractivity contribution < 1.29 is 9.84 Å². The van der Waals surface area contributed by atoms with Crippen molar-refractivity contribution in [1.29, 1.82) is 0 Å². The smallest absolute Gasteiger partial charge is 0.333 e. The van der Waals surface area contributed by atoms with E-state index in [9.17, 15) is 14.7 Å². The summed E-state index contributed by atoms with van der Waals surface area (Å²) in [5, 5.41) is 9.80.